The number of nitrogens with zero attached hydrogens (tertiary/aromatic N) is 1. The molecule has 6 aromatic carbocycles. The summed E-state index contributed by atoms with van der Waals surface area (Å²) in [6.07, 6.45) is 0. The van der Waals surface area contributed by atoms with Crippen molar-refractivity contribution in [2.45, 2.75) is 38.8 Å². The number of fused-ring (bicyclic) bond motifs is 7. The molecule has 0 unspecified atom stereocenters. The van der Waals surface area contributed by atoms with E-state index in [0.29, 0.717) is 5.56 Å². The third kappa shape index (κ3) is 3.80. The molecule has 8 heteroatoms. The average molecular weight is 670 g/mol. The molecule has 3 heterocycles. The number of rotatable bonds is 2. The number of hydrogen-bond donors (Lipinski definition) is 0. The molecule has 0 N–H and O–H groups in total. The molecule has 7 aromatic rings. The van der Waals surface area contributed by atoms with Crippen LogP contribution in [0, 0.1) is 0 Å². The van der Waals surface area contributed by atoms with Crippen molar-refractivity contribution in [2.75, 3.05) is 4.90 Å². The van der Waals surface area contributed by atoms with Gasteiger partial charge in [-0.2, -0.15) is 0 Å². The zero-order valence-electron chi connectivity index (χ0n) is 25.4. The molecule has 9 rings (SSSR count). The molecule has 2 aliphatic rings. The number of hydrogen-bond acceptors (Lipinski definition) is 6. The molecule has 0 saturated carbocycles. The maximum Gasteiger partial charge on any atom is 0.209 e. The molecule has 0 bridgehead atoms. The Morgan fingerprint density at radius 2 is 1.02 bits per heavy atom. The summed E-state index contributed by atoms with van der Waals surface area (Å²) in [5, 5.41) is 2.06. The van der Waals surface area contributed by atoms with Crippen molar-refractivity contribution in [3.05, 3.63) is 139 Å². The standard InChI is InChI=1S/C39H27NO4S3/c1-39(2)26-12-3-5-14-28(26)40(29-15-6-4-13-27(29)39)30-16-10-18-32-38(30)37-25(11-9-17-31(37)45-32)24-21-22-35-36(23-24)47(43,44)34-20-8-7-19-33(34)46(35,41)42/h3-23H,1-2H3. The first kappa shape index (κ1) is 28.5. The van der Waals surface area contributed by atoms with Gasteiger partial charge in [-0.15, -0.1) is 11.3 Å². The predicted molar refractivity (Wildman–Crippen MR) is 189 cm³/mol. The first-order valence-electron chi connectivity index (χ1n) is 15.3. The van der Waals surface area contributed by atoms with Crippen molar-refractivity contribution in [3.8, 4) is 11.1 Å². The number of sulfone groups is 2. The number of thiophene rings is 1. The van der Waals surface area contributed by atoms with Crippen LogP contribution in [0.4, 0.5) is 17.1 Å². The van der Waals surface area contributed by atoms with Crippen LogP contribution in [0.1, 0.15) is 25.0 Å². The van der Waals surface area contributed by atoms with Gasteiger partial charge in [-0.05, 0) is 76.9 Å². The third-order valence-electron chi connectivity index (χ3n) is 9.64. The molecule has 1 aromatic heterocycles. The molecular formula is C39H27NO4S3. The molecule has 0 aliphatic carbocycles. The summed E-state index contributed by atoms with van der Waals surface area (Å²) in [6.45, 7) is 4.53. The zero-order valence-corrected chi connectivity index (χ0v) is 27.9. The van der Waals surface area contributed by atoms with Crippen LogP contribution in [0.5, 0.6) is 0 Å². The smallest absolute Gasteiger partial charge is 0.209 e. The van der Waals surface area contributed by atoms with E-state index in [2.05, 4.69) is 91.5 Å². The second-order valence-corrected chi connectivity index (χ2v) is 17.4. The van der Waals surface area contributed by atoms with E-state index >= 15 is 0 Å². The van der Waals surface area contributed by atoms with Gasteiger partial charge in [0.1, 0.15) is 0 Å². The summed E-state index contributed by atoms with van der Waals surface area (Å²) in [4.78, 5) is 1.61. The molecule has 0 spiro atoms. The Labute approximate surface area is 277 Å². The van der Waals surface area contributed by atoms with Gasteiger partial charge in [0.2, 0.25) is 19.7 Å². The molecule has 0 atom stereocenters. The molecule has 0 saturated heterocycles. The number of anilines is 3. The van der Waals surface area contributed by atoms with Crippen molar-refractivity contribution in [2.24, 2.45) is 0 Å². The van der Waals surface area contributed by atoms with Gasteiger partial charge in [-0.3, -0.25) is 0 Å². The van der Waals surface area contributed by atoms with Gasteiger partial charge in [0.25, 0.3) is 0 Å². The SMILES string of the molecule is CC1(C)c2ccccc2N(c2cccc3sc4cccc(-c5ccc6c(c5)S(=O)(=O)c5ccccc5S6(=O)=O)c4c23)c2ccccc21. The van der Waals surface area contributed by atoms with E-state index < -0.39 is 19.7 Å². The second kappa shape index (κ2) is 9.64. The van der Waals surface area contributed by atoms with Crippen molar-refractivity contribution < 1.29 is 16.8 Å². The van der Waals surface area contributed by atoms with Gasteiger partial charge in [0, 0.05) is 25.6 Å². The van der Waals surface area contributed by atoms with Crippen LogP contribution in [0.15, 0.2) is 147 Å². The van der Waals surface area contributed by atoms with Crippen molar-refractivity contribution in [1.82, 2.24) is 0 Å². The first-order chi connectivity index (χ1) is 22.6. The summed E-state index contributed by atoms with van der Waals surface area (Å²) < 4.78 is 57.1. The van der Waals surface area contributed by atoms with E-state index in [9.17, 15) is 16.8 Å². The largest absolute Gasteiger partial charge is 0.309 e. The minimum absolute atomic E-state index is 0.180. The number of para-hydroxylation sites is 2. The zero-order chi connectivity index (χ0) is 32.3. The third-order valence-corrected chi connectivity index (χ3v) is 14.7. The Morgan fingerprint density at radius 1 is 0.511 bits per heavy atom. The Balaban J connectivity index is 1.33. The molecule has 47 heavy (non-hydrogen) atoms. The van der Waals surface area contributed by atoms with E-state index in [1.54, 1.807) is 29.5 Å². The molecule has 5 nitrogen and oxygen atoms in total. The Morgan fingerprint density at radius 3 is 1.68 bits per heavy atom. The predicted octanol–water partition coefficient (Wildman–Crippen LogP) is 9.81. The minimum atomic E-state index is -4.07. The van der Waals surface area contributed by atoms with E-state index in [0.717, 1.165) is 42.8 Å². The highest BCUT2D eigenvalue weighted by Crippen LogP contribution is 2.55. The van der Waals surface area contributed by atoms with Crippen molar-refractivity contribution >= 4 is 68.2 Å². The van der Waals surface area contributed by atoms with Crippen LogP contribution in [0.2, 0.25) is 0 Å². The first-order valence-corrected chi connectivity index (χ1v) is 19.1. The van der Waals surface area contributed by atoms with Crippen LogP contribution < -0.4 is 4.90 Å². The highest BCUT2D eigenvalue weighted by molar-refractivity contribution is 7.97. The van der Waals surface area contributed by atoms with Gasteiger partial charge in [0.15, 0.2) is 0 Å². The van der Waals surface area contributed by atoms with Crippen LogP contribution >= 0.6 is 11.3 Å². The van der Waals surface area contributed by atoms with E-state index in [4.69, 9.17) is 0 Å². The quantitative estimate of drug-likeness (QED) is 0.183. The maximum absolute atomic E-state index is 13.9. The van der Waals surface area contributed by atoms with E-state index in [1.807, 2.05) is 12.1 Å². The van der Waals surface area contributed by atoms with Crippen molar-refractivity contribution in [3.63, 3.8) is 0 Å². The fraction of sp³-hybridized carbons (Fsp3) is 0.0769. The molecular weight excluding hydrogens is 643 g/mol. The molecule has 2 aliphatic heterocycles. The van der Waals surface area contributed by atoms with Crippen LogP contribution in [0.3, 0.4) is 0 Å². The summed E-state index contributed by atoms with van der Waals surface area (Å²) in [5.74, 6) is 0. The lowest BCUT2D eigenvalue weighted by Gasteiger charge is -2.42. The maximum atomic E-state index is 13.9. The fourth-order valence-electron chi connectivity index (χ4n) is 7.44. The monoisotopic (exact) mass is 669 g/mol. The van der Waals surface area contributed by atoms with E-state index in [1.165, 1.54) is 35.4 Å². The highest BCUT2D eigenvalue weighted by atomic mass is 32.2. The second-order valence-electron chi connectivity index (χ2n) is 12.5. The molecule has 0 amide bonds. The fourth-order valence-corrected chi connectivity index (χ4v) is 12.8. The molecule has 230 valence electrons. The Bertz CT molecular complexity index is 2660. The lowest BCUT2D eigenvalue weighted by Crippen LogP contribution is -2.30. The van der Waals surface area contributed by atoms with Crippen LogP contribution in [-0.4, -0.2) is 16.8 Å². The van der Waals surface area contributed by atoms with Gasteiger partial charge in [0.05, 0.1) is 36.6 Å². The Hall–Kier alpha value is -4.76. The summed E-state index contributed by atoms with van der Waals surface area (Å²) in [5.41, 5.74) is 7.01. The molecule has 0 radical (unpaired) electrons. The normalized spacial score (nSPS) is 16.7. The summed E-state index contributed by atoms with van der Waals surface area (Å²) >= 11 is 1.69. The highest BCUT2D eigenvalue weighted by Gasteiger charge is 2.40. The van der Waals surface area contributed by atoms with Crippen LogP contribution in [0.25, 0.3) is 31.3 Å². The van der Waals surface area contributed by atoms with Gasteiger partial charge < -0.3 is 4.90 Å². The minimum Gasteiger partial charge on any atom is -0.309 e. The average Bonchev–Trinajstić information content (AvgIpc) is 3.47. The summed E-state index contributed by atoms with van der Waals surface area (Å²) in [7, 11) is -8.08. The Kier molecular flexibility index (Phi) is 5.84. The topological polar surface area (TPSA) is 71.5 Å². The van der Waals surface area contributed by atoms with Gasteiger partial charge in [-0.25, -0.2) is 16.8 Å². The lowest BCUT2D eigenvalue weighted by atomic mass is 9.73. The van der Waals surface area contributed by atoms with E-state index in [-0.39, 0.29) is 25.0 Å². The molecule has 0 fully saturated rings. The van der Waals surface area contributed by atoms with Crippen molar-refractivity contribution in [1.29, 1.82) is 0 Å². The number of benzene rings is 6. The summed E-state index contributed by atoms with van der Waals surface area (Å²) in [6, 6.07) is 40.0. The van der Waals surface area contributed by atoms with Crippen LogP contribution in [-0.2, 0) is 25.1 Å². The van der Waals surface area contributed by atoms with Gasteiger partial charge in [-0.1, -0.05) is 86.6 Å². The van der Waals surface area contributed by atoms with Gasteiger partial charge >= 0.3 is 0 Å². The lowest BCUT2D eigenvalue weighted by molar-refractivity contribution is 0.570.